The third kappa shape index (κ3) is 7.41. The number of nitrogens with zero attached hydrogens (tertiary/aromatic N) is 2. The first-order valence-corrected chi connectivity index (χ1v) is 12.4. The lowest BCUT2D eigenvalue weighted by Gasteiger charge is -2.27. The number of methoxy groups -OCH3 is 1. The van der Waals surface area contributed by atoms with Crippen LogP contribution in [-0.2, 0) is 22.6 Å². The van der Waals surface area contributed by atoms with Gasteiger partial charge in [-0.25, -0.2) is 0 Å². The van der Waals surface area contributed by atoms with Crippen molar-refractivity contribution in [3.63, 3.8) is 0 Å². The number of hydrogen-bond donors (Lipinski definition) is 0. The Morgan fingerprint density at radius 2 is 1.43 bits per heavy atom. The predicted octanol–water partition coefficient (Wildman–Crippen LogP) is 5.65. The molecular formula is C31H32N2O4. The van der Waals surface area contributed by atoms with Crippen LogP contribution < -0.4 is 0 Å². The predicted molar refractivity (Wildman–Crippen MR) is 144 cm³/mol. The van der Waals surface area contributed by atoms with Gasteiger partial charge in [-0.2, -0.15) is 0 Å². The summed E-state index contributed by atoms with van der Waals surface area (Å²) in [6, 6.07) is 31.0. The molecule has 6 nitrogen and oxygen atoms in total. The molecule has 1 aromatic heterocycles. The van der Waals surface area contributed by atoms with Crippen molar-refractivity contribution < 1.29 is 18.7 Å². The number of furan rings is 1. The molecule has 37 heavy (non-hydrogen) atoms. The Hall–Kier alpha value is -4.16. The molecule has 0 radical (unpaired) electrons. The van der Waals surface area contributed by atoms with E-state index in [-0.39, 0.29) is 18.4 Å². The Morgan fingerprint density at radius 1 is 0.757 bits per heavy atom. The van der Waals surface area contributed by atoms with E-state index in [9.17, 15) is 9.59 Å². The molecule has 0 saturated carbocycles. The van der Waals surface area contributed by atoms with E-state index >= 15 is 0 Å². The van der Waals surface area contributed by atoms with Crippen molar-refractivity contribution in [2.75, 3.05) is 26.8 Å². The first kappa shape index (κ1) is 25.9. The molecule has 6 heteroatoms. The van der Waals surface area contributed by atoms with Gasteiger partial charge in [0.25, 0.3) is 5.91 Å². The smallest absolute Gasteiger partial charge is 0.254 e. The van der Waals surface area contributed by atoms with Crippen LogP contribution in [0.3, 0.4) is 0 Å². The lowest BCUT2D eigenvalue weighted by Crippen LogP contribution is -2.43. The van der Waals surface area contributed by atoms with E-state index in [0.717, 1.165) is 16.7 Å². The molecule has 0 saturated heterocycles. The van der Waals surface area contributed by atoms with Crippen LogP contribution in [0.25, 0.3) is 11.1 Å². The molecule has 4 rings (SSSR count). The van der Waals surface area contributed by atoms with E-state index in [1.54, 1.807) is 29.2 Å². The van der Waals surface area contributed by atoms with Crippen LogP contribution in [0.15, 0.2) is 108 Å². The number of carbonyl (C=O) groups excluding carboxylic acids is 2. The summed E-state index contributed by atoms with van der Waals surface area (Å²) >= 11 is 0. The molecule has 0 aliphatic heterocycles. The largest absolute Gasteiger partial charge is 0.467 e. The Morgan fingerprint density at radius 3 is 2.08 bits per heavy atom. The SMILES string of the molecule is COCCCN(CC(=O)N(Cc1ccccc1)Cc1ccco1)C(=O)c1ccc(-c2ccccc2)cc1. The third-order valence-corrected chi connectivity index (χ3v) is 6.12. The Bertz CT molecular complexity index is 1240. The maximum atomic E-state index is 13.6. The molecule has 1 heterocycles. The highest BCUT2D eigenvalue weighted by Crippen LogP contribution is 2.20. The minimum atomic E-state index is -0.179. The van der Waals surface area contributed by atoms with Crippen LogP contribution in [0.4, 0.5) is 0 Å². The van der Waals surface area contributed by atoms with Gasteiger partial charge in [0.05, 0.1) is 12.8 Å². The quantitative estimate of drug-likeness (QED) is 0.238. The Balaban J connectivity index is 1.51. The number of carbonyl (C=O) groups is 2. The second kappa shape index (κ2) is 13.2. The summed E-state index contributed by atoms with van der Waals surface area (Å²) in [4.78, 5) is 30.4. The molecule has 0 aliphatic carbocycles. The van der Waals surface area contributed by atoms with Gasteiger partial charge in [-0.1, -0.05) is 72.8 Å². The highest BCUT2D eigenvalue weighted by Gasteiger charge is 2.23. The van der Waals surface area contributed by atoms with E-state index in [1.165, 1.54) is 0 Å². The summed E-state index contributed by atoms with van der Waals surface area (Å²) in [6.45, 7) is 1.64. The minimum absolute atomic E-state index is 0.0312. The van der Waals surface area contributed by atoms with Gasteiger partial charge in [-0.3, -0.25) is 9.59 Å². The van der Waals surface area contributed by atoms with Crippen LogP contribution in [0.2, 0.25) is 0 Å². The second-order valence-corrected chi connectivity index (χ2v) is 8.83. The Labute approximate surface area is 218 Å². The van der Waals surface area contributed by atoms with Gasteiger partial charge in [0.1, 0.15) is 12.3 Å². The number of rotatable bonds is 12. The Kier molecular flexibility index (Phi) is 9.27. The average Bonchev–Trinajstić information content (AvgIpc) is 3.46. The zero-order valence-electron chi connectivity index (χ0n) is 21.1. The van der Waals surface area contributed by atoms with Crippen LogP contribution in [0, 0.1) is 0 Å². The maximum absolute atomic E-state index is 13.6. The summed E-state index contributed by atoms with van der Waals surface area (Å²) < 4.78 is 10.7. The number of benzene rings is 3. The molecule has 0 spiro atoms. The molecule has 0 atom stereocenters. The number of amides is 2. The molecule has 0 N–H and O–H groups in total. The minimum Gasteiger partial charge on any atom is -0.467 e. The van der Waals surface area contributed by atoms with Gasteiger partial charge < -0.3 is 19.0 Å². The number of ether oxygens (including phenoxy) is 1. The van der Waals surface area contributed by atoms with Crippen molar-refractivity contribution in [1.29, 1.82) is 0 Å². The number of hydrogen-bond acceptors (Lipinski definition) is 4. The van der Waals surface area contributed by atoms with Gasteiger partial charge in [0.2, 0.25) is 5.91 Å². The molecule has 3 aromatic carbocycles. The molecule has 0 bridgehead atoms. The fourth-order valence-corrected chi connectivity index (χ4v) is 4.16. The zero-order chi connectivity index (χ0) is 25.9. The van der Waals surface area contributed by atoms with Crippen LogP contribution in [-0.4, -0.2) is 48.4 Å². The average molecular weight is 497 g/mol. The summed E-state index contributed by atoms with van der Waals surface area (Å²) in [5.74, 6) is 0.367. The van der Waals surface area contributed by atoms with Crippen molar-refractivity contribution in [3.8, 4) is 11.1 Å². The van der Waals surface area contributed by atoms with E-state index in [0.29, 0.717) is 44.0 Å². The van der Waals surface area contributed by atoms with Gasteiger partial charge >= 0.3 is 0 Å². The van der Waals surface area contributed by atoms with Gasteiger partial charge in [0.15, 0.2) is 0 Å². The molecule has 0 fully saturated rings. The molecular weight excluding hydrogens is 464 g/mol. The summed E-state index contributed by atoms with van der Waals surface area (Å²) in [5.41, 5.74) is 3.68. The first-order valence-electron chi connectivity index (χ1n) is 12.4. The normalized spacial score (nSPS) is 10.7. The first-order chi connectivity index (χ1) is 18.1. The standard InChI is InChI=1S/C31H32N2O4/c1-36-20-9-19-32(31(35)28-17-15-27(16-18-28)26-12-6-3-7-13-26)24-30(34)33(23-29-14-8-21-37-29)22-25-10-4-2-5-11-25/h2-8,10-18,21H,9,19-20,22-24H2,1H3. The maximum Gasteiger partial charge on any atom is 0.254 e. The van der Waals surface area contributed by atoms with Crippen molar-refractivity contribution in [2.24, 2.45) is 0 Å². The topological polar surface area (TPSA) is 63.0 Å². The summed E-state index contributed by atoms with van der Waals surface area (Å²) in [6.07, 6.45) is 2.23. The fourth-order valence-electron chi connectivity index (χ4n) is 4.16. The lowest BCUT2D eigenvalue weighted by molar-refractivity contribution is -0.133. The van der Waals surface area contributed by atoms with E-state index in [1.807, 2.05) is 91.0 Å². The van der Waals surface area contributed by atoms with Gasteiger partial charge in [-0.15, -0.1) is 0 Å². The van der Waals surface area contributed by atoms with Crippen LogP contribution in [0.5, 0.6) is 0 Å². The fraction of sp³-hybridized carbons (Fsp3) is 0.226. The van der Waals surface area contributed by atoms with Gasteiger partial charge in [0, 0.05) is 32.4 Å². The van der Waals surface area contributed by atoms with E-state index < -0.39 is 0 Å². The van der Waals surface area contributed by atoms with Gasteiger partial charge in [-0.05, 0) is 47.4 Å². The van der Waals surface area contributed by atoms with E-state index in [2.05, 4.69) is 0 Å². The summed E-state index contributed by atoms with van der Waals surface area (Å²) in [5, 5.41) is 0. The monoisotopic (exact) mass is 496 g/mol. The van der Waals surface area contributed by atoms with Crippen molar-refractivity contribution in [3.05, 3.63) is 120 Å². The summed E-state index contributed by atoms with van der Waals surface area (Å²) in [7, 11) is 1.63. The van der Waals surface area contributed by atoms with E-state index in [4.69, 9.17) is 9.15 Å². The molecule has 2 amide bonds. The van der Waals surface area contributed by atoms with Crippen LogP contribution >= 0.6 is 0 Å². The van der Waals surface area contributed by atoms with Crippen molar-refractivity contribution >= 4 is 11.8 Å². The highest BCUT2D eigenvalue weighted by molar-refractivity contribution is 5.97. The zero-order valence-corrected chi connectivity index (χ0v) is 21.1. The molecule has 4 aromatic rings. The third-order valence-electron chi connectivity index (χ3n) is 6.12. The molecule has 0 aliphatic rings. The highest BCUT2D eigenvalue weighted by atomic mass is 16.5. The van der Waals surface area contributed by atoms with Crippen molar-refractivity contribution in [1.82, 2.24) is 9.80 Å². The van der Waals surface area contributed by atoms with Crippen LogP contribution in [0.1, 0.15) is 28.1 Å². The van der Waals surface area contributed by atoms with Crippen molar-refractivity contribution in [2.45, 2.75) is 19.5 Å². The molecule has 0 unspecified atom stereocenters. The molecule has 190 valence electrons. The second-order valence-electron chi connectivity index (χ2n) is 8.83. The lowest BCUT2D eigenvalue weighted by atomic mass is 10.0.